The molecule has 2 aromatic carbocycles. The highest BCUT2D eigenvalue weighted by Gasteiger charge is 2.20. The molecule has 0 aliphatic heterocycles. The third-order valence-corrected chi connectivity index (χ3v) is 5.84. The highest BCUT2D eigenvalue weighted by atomic mass is 79.9. The first-order chi connectivity index (χ1) is 9.72. The van der Waals surface area contributed by atoms with E-state index in [9.17, 15) is 8.42 Å². The fourth-order valence-corrected chi connectivity index (χ4v) is 4.59. The van der Waals surface area contributed by atoms with Crippen molar-refractivity contribution in [2.45, 2.75) is 18.7 Å². The third kappa shape index (κ3) is 3.41. The normalized spacial score (nSPS) is 11.4. The van der Waals surface area contributed by atoms with Crippen LogP contribution >= 0.6 is 31.9 Å². The summed E-state index contributed by atoms with van der Waals surface area (Å²) in [6, 6.07) is 8.56. The van der Waals surface area contributed by atoms with Crippen molar-refractivity contribution >= 4 is 53.3 Å². The maximum atomic E-state index is 12.6. The van der Waals surface area contributed by atoms with Gasteiger partial charge in [-0.25, -0.2) is 8.42 Å². The SMILES string of the molecule is Cc1cc(N)c(S(=O)(=O)Nc2c(Br)cccc2Br)cc1C. The molecule has 112 valence electrons. The van der Waals surface area contributed by atoms with Gasteiger partial charge in [-0.3, -0.25) is 4.72 Å². The van der Waals surface area contributed by atoms with Gasteiger partial charge in [0.25, 0.3) is 10.0 Å². The van der Waals surface area contributed by atoms with Gasteiger partial charge in [0.05, 0.1) is 11.4 Å². The largest absolute Gasteiger partial charge is 0.398 e. The lowest BCUT2D eigenvalue weighted by Gasteiger charge is -2.14. The number of nitrogens with one attached hydrogen (secondary N) is 1. The van der Waals surface area contributed by atoms with Gasteiger partial charge in [-0.05, 0) is 81.1 Å². The number of halogens is 2. The molecule has 0 fully saturated rings. The summed E-state index contributed by atoms with van der Waals surface area (Å²) in [5.74, 6) is 0. The number of para-hydroxylation sites is 1. The molecule has 0 amide bonds. The summed E-state index contributed by atoms with van der Waals surface area (Å²) in [7, 11) is -3.76. The monoisotopic (exact) mass is 432 g/mol. The smallest absolute Gasteiger partial charge is 0.264 e. The molecule has 0 aromatic heterocycles. The molecule has 0 unspecified atom stereocenters. The van der Waals surface area contributed by atoms with E-state index in [2.05, 4.69) is 36.6 Å². The minimum atomic E-state index is -3.76. The number of nitrogens with two attached hydrogens (primary N) is 1. The second kappa shape index (κ2) is 5.98. The molecule has 0 aliphatic carbocycles. The number of anilines is 2. The molecule has 7 heteroatoms. The molecule has 0 atom stereocenters. The lowest BCUT2D eigenvalue weighted by Crippen LogP contribution is -2.16. The molecular weight excluding hydrogens is 420 g/mol. The highest BCUT2D eigenvalue weighted by molar-refractivity contribution is 9.11. The van der Waals surface area contributed by atoms with Crippen molar-refractivity contribution in [2.75, 3.05) is 10.5 Å². The summed E-state index contributed by atoms with van der Waals surface area (Å²) in [6.45, 7) is 3.74. The van der Waals surface area contributed by atoms with E-state index in [0.717, 1.165) is 11.1 Å². The number of rotatable bonds is 3. The van der Waals surface area contributed by atoms with Crippen LogP contribution in [0.2, 0.25) is 0 Å². The van der Waals surface area contributed by atoms with Crippen molar-refractivity contribution in [2.24, 2.45) is 0 Å². The van der Waals surface area contributed by atoms with Crippen LogP contribution in [-0.4, -0.2) is 8.42 Å². The summed E-state index contributed by atoms with van der Waals surface area (Å²) in [5.41, 5.74) is 8.36. The molecule has 2 aromatic rings. The van der Waals surface area contributed by atoms with Crippen molar-refractivity contribution in [3.05, 3.63) is 50.4 Å². The fourth-order valence-electron chi connectivity index (χ4n) is 1.83. The number of sulfonamides is 1. The fraction of sp³-hybridized carbons (Fsp3) is 0.143. The molecule has 0 heterocycles. The topological polar surface area (TPSA) is 72.2 Å². The predicted molar refractivity (Wildman–Crippen MR) is 93.0 cm³/mol. The Morgan fingerprint density at radius 3 is 2.14 bits per heavy atom. The first-order valence-corrected chi connectivity index (χ1v) is 9.13. The summed E-state index contributed by atoms with van der Waals surface area (Å²) in [4.78, 5) is 0.0771. The molecule has 0 bridgehead atoms. The van der Waals surface area contributed by atoms with Gasteiger partial charge in [-0.2, -0.15) is 0 Å². The summed E-state index contributed by atoms with van der Waals surface area (Å²) >= 11 is 6.66. The Morgan fingerprint density at radius 2 is 1.57 bits per heavy atom. The minimum absolute atomic E-state index is 0.0771. The molecule has 0 saturated heterocycles. The number of benzene rings is 2. The maximum Gasteiger partial charge on any atom is 0.264 e. The van der Waals surface area contributed by atoms with Crippen LogP contribution in [0.4, 0.5) is 11.4 Å². The highest BCUT2D eigenvalue weighted by Crippen LogP contribution is 2.33. The quantitative estimate of drug-likeness (QED) is 0.712. The van der Waals surface area contributed by atoms with E-state index in [1.165, 1.54) is 0 Å². The average molecular weight is 434 g/mol. The molecule has 0 spiro atoms. The molecule has 0 aliphatic rings. The van der Waals surface area contributed by atoms with Gasteiger partial charge in [-0.1, -0.05) is 6.07 Å². The Balaban J connectivity index is 2.51. The molecule has 2 rings (SSSR count). The zero-order valence-corrected chi connectivity index (χ0v) is 15.4. The number of hydrogen-bond acceptors (Lipinski definition) is 3. The number of nitrogen functional groups attached to an aromatic ring is 1. The molecule has 0 saturated carbocycles. The second-order valence-corrected chi connectivity index (χ2v) is 8.04. The summed E-state index contributed by atoms with van der Waals surface area (Å²) < 4.78 is 29.0. The van der Waals surface area contributed by atoms with Gasteiger partial charge in [0.2, 0.25) is 0 Å². The molecule has 21 heavy (non-hydrogen) atoms. The van der Waals surface area contributed by atoms with Gasteiger partial charge in [0, 0.05) is 8.95 Å². The van der Waals surface area contributed by atoms with Crippen molar-refractivity contribution in [1.82, 2.24) is 0 Å². The van der Waals surface area contributed by atoms with Crippen LogP contribution < -0.4 is 10.5 Å². The zero-order chi connectivity index (χ0) is 15.8. The Labute approximate surface area is 141 Å². The maximum absolute atomic E-state index is 12.6. The number of hydrogen-bond donors (Lipinski definition) is 2. The van der Waals surface area contributed by atoms with E-state index in [4.69, 9.17) is 5.73 Å². The van der Waals surface area contributed by atoms with E-state index < -0.39 is 10.0 Å². The molecule has 4 nitrogen and oxygen atoms in total. The van der Waals surface area contributed by atoms with E-state index in [1.54, 1.807) is 30.3 Å². The molecular formula is C14H14Br2N2O2S. The standard InChI is InChI=1S/C14H14Br2N2O2S/c1-8-6-12(17)13(7-9(8)2)21(19,20)18-14-10(15)4-3-5-11(14)16/h3-7,18H,17H2,1-2H3. The Hall–Kier alpha value is -1.05. The van der Waals surface area contributed by atoms with Crippen LogP contribution in [0.3, 0.4) is 0 Å². The second-order valence-electron chi connectivity index (χ2n) is 4.68. The average Bonchev–Trinajstić information content (AvgIpc) is 2.38. The van der Waals surface area contributed by atoms with E-state index in [1.807, 2.05) is 13.8 Å². The third-order valence-electron chi connectivity index (χ3n) is 3.11. The van der Waals surface area contributed by atoms with Gasteiger partial charge in [0.15, 0.2) is 0 Å². The Morgan fingerprint density at radius 1 is 1.05 bits per heavy atom. The Kier molecular flexibility index (Phi) is 4.65. The molecule has 0 radical (unpaired) electrons. The van der Waals surface area contributed by atoms with Crippen molar-refractivity contribution in [3.63, 3.8) is 0 Å². The first-order valence-electron chi connectivity index (χ1n) is 6.06. The van der Waals surface area contributed by atoms with E-state index in [0.29, 0.717) is 14.6 Å². The van der Waals surface area contributed by atoms with Gasteiger partial charge in [0.1, 0.15) is 4.90 Å². The van der Waals surface area contributed by atoms with Crippen molar-refractivity contribution in [3.8, 4) is 0 Å². The van der Waals surface area contributed by atoms with Crippen molar-refractivity contribution in [1.29, 1.82) is 0 Å². The Bertz CT molecular complexity index is 785. The first kappa shape index (κ1) is 16.3. The number of aryl methyl sites for hydroxylation is 2. The lowest BCUT2D eigenvalue weighted by molar-refractivity contribution is 0.601. The van der Waals surface area contributed by atoms with Crippen LogP contribution in [0, 0.1) is 13.8 Å². The van der Waals surface area contributed by atoms with E-state index >= 15 is 0 Å². The molecule has 3 N–H and O–H groups in total. The van der Waals surface area contributed by atoms with Crippen LogP contribution in [0.25, 0.3) is 0 Å². The minimum Gasteiger partial charge on any atom is -0.398 e. The van der Waals surface area contributed by atoms with Crippen LogP contribution in [0.5, 0.6) is 0 Å². The summed E-state index contributed by atoms with van der Waals surface area (Å²) in [6.07, 6.45) is 0. The zero-order valence-electron chi connectivity index (χ0n) is 11.4. The van der Waals surface area contributed by atoms with Crippen LogP contribution in [0.15, 0.2) is 44.2 Å². The van der Waals surface area contributed by atoms with E-state index in [-0.39, 0.29) is 10.6 Å². The van der Waals surface area contributed by atoms with Crippen LogP contribution in [-0.2, 0) is 10.0 Å². The van der Waals surface area contributed by atoms with Gasteiger partial charge < -0.3 is 5.73 Å². The van der Waals surface area contributed by atoms with Crippen LogP contribution in [0.1, 0.15) is 11.1 Å². The van der Waals surface area contributed by atoms with Gasteiger partial charge >= 0.3 is 0 Å². The van der Waals surface area contributed by atoms with Crippen molar-refractivity contribution < 1.29 is 8.42 Å². The lowest BCUT2D eigenvalue weighted by atomic mass is 10.1. The van der Waals surface area contributed by atoms with Gasteiger partial charge in [-0.15, -0.1) is 0 Å². The predicted octanol–water partition coefficient (Wildman–Crippen LogP) is 4.21. The summed E-state index contributed by atoms with van der Waals surface area (Å²) in [5, 5.41) is 0.